The van der Waals surface area contributed by atoms with Crippen molar-refractivity contribution in [3.05, 3.63) is 0 Å². The molecule has 2 bridgehead atoms. The topological polar surface area (TPSA) is 18.5 Å². The normalized spacial score (nSPS) is 46.9. The lowest BCUT2D eigenvalue weighted by atomic mass is 9.43. The lowest BCUT2D eigenvalue weighted by molar-refractivity contribution is -0.199. The third kappa shape index (κ3) is 1.54. The van der Waals surface area contributed by atoms with Crippen LogP contribution in [0.25, 0.3) is 0 Å². The Balaban J connectivity index is 1.78. The Hall–Kier alpha value is -0.0151. The second-order valence-electron chi connectivity index (χ2n) is 7.53. The van der Waals surface area contributed by atoms with Gasteiger partial charge in [-0.25, -0.2) is 0 Å². The Morgan fingerprint density at radius 1 is 1.24 bits per heavy atom. The van der Waals surface area contributed by atoms with Crippen LogP contribution in [0.2, 0.25) is 6.32 Å². The third-order valence-corrected chi connectivity index (χ3v) is 5.67. The highest BCUT2D eigenvalue weighted by molar-refractivity contribution is 6.45. The molecule has 17 heavy (non-hydrogen) atoms. The van der Waals surface area contributed by atoms with E-state index in [1.165, 1.54) is 12.8 Å². The number of hydrogen-bond acceptors (Lipinski definition) is 2. The van der Waals surface area contributed by atoms with E-state index in [9.17, 15) is 0 Å². The molecular weight excluding hydrogens is 211 g/mol. The van der Waals surface area contributed by atoms with E-state index in [1.807, 2.05) is 0 Å². The smallest absolute Gasteiger partial charge is 0.405 e. The van der Waals surface area contributed by atoms with Gasteiger partial charge in [0.1, 0.15) is 0 Å². The molecule has 0 radical (unpaired) electrons. The Labute approximate surface area is 106 Å². The summed E-state index contributed by atoms with van der Waals surface area (Å²) in [7, 11) is 0.0418. The van der Waals surface area contributed by atoms with E-state index in [0.29, 0.717) is 23.4 Å². The first-order chi connectivity index (χ1) is 7.84. The van der Waals surface area contributed by atoms with Crippen molar-refractivity contribution in [3.8, 4) is 0 Å². The molecule has 3 saturated carbocycles. The van der Waals surface area contributed by atoms with Crippen molar-refractivity contribution in [1.29, 1.82) is 0 Å². The van der Waals surface area contributed by atoms with Crippen LogP contribution in [0.5, 0.6) is 0 Å². The van der Waals surface area contributed by atoms with Gasteiger partial charge >= 0.3 is 7.12 Å². The molecular formula is C14H25BO2. The minimum atomic E-state index is -0.0161. The van der Waals surface area contributed by atoms with E-state index in [2.05, 4.69) is 34.6 Å². The first-order valence-electron chi connectivity index (χ1n) is 7.17. The molecule has 1 heterocycles. The van der Waals surface area contributed by atoms with Crippen molar-refractivity contribution in [2.45, 2.75) is 65.5 Å². The molecule has 1 aliphatic heterocycles. The SMILES string of the molecule is CC(C)CB1OC2CC3CC(C3(C)C)C2(C)O1. The largest absolute Gasteiger partial charge is 0.457 e. The van der Waals surface area contributed by atoms with Crippen LogP contribution >= 0.6 is 0 Å². The van der Waals surface area contributed by atoms with Gasteiger partial charge in [0.05, 0.1) is 11.7 Å². The summed E-state index contributed by atoms with van der Waals surface area (Å²) in [6.07, 6.45) is 3.93. The van der Waals surface area contributed by atoms with Crippen molar-refractivity contribution in [1.82, 2.24) is 0 Å². The highest BCUT2D eigenvalue weighted by Gasteiger charge is 2.67. The van der Waals surface area contributed by atoms with Gasteiger partial charge in [0.15, 0.2) is 0 Å². The highest BCUT2D eigenvalue weighted by atomic mass is 16.7. The zero-order valence-electron chi connectivity index (χ0n) is 11.8. The summed E-state index contributed by atoms with van der Waals surface area (Å²) >= 11 is 0. The molecule has 4 unspecified atom stereocenters. The van der Waals surface area contributed by atoms with Crippen LogP contribution in [0.15, 0.2) is 0 Å². The molecule has 4 atom stereocenters. The first kappa shape index (κ1) is 12.0. The Morgan fingerprint density at radius 3 is 2.53 bits per heavy atom. The lowest BCUT2D eigenvalue weighted by Crippen LogP contribution is -2.65. The third-order valence-electron chi connectivity index (χ3n) is 5.67. The van der Waals surface area contributed by atoms with Crippen LogP contribution < -0.4 is 0 Å². The van der Waals surface area contributed by atoms with Gasteiger partial charge in [-0.2, -0.15) is 0 Å². The van der Waals surface area contributed by atoms with Crippen molar-refractivity contribution in [2.24, 2.45) is 23.2 Å². The fourth-order valence-electron chi connectivity index (χ4n) is 4.44. The van der Waals surface area contributed by atoms with Gasteiger partial charge in [-0.15, -0.1) is 0 Å². The van der Waals surface area contributed by atoms with Gasteiger partial charge in [-0.1, -0.05) is 27.7 Å². The summed E-state index contributed by atoms with van der Waals surface area (Å²) in [5.41, 5.74) is 0.444. The van der Waals surface area contributed by atoms with Crippen LogP contribution in [0.4, 0.5) is 0 Å². The van der Waals surface area contributed by atoms with Crippen molar-refractivity contribution < 1.29 is 9.31 Å². The van der Waals surface area contributed by atoms with E-state index in [4.69, 9.17) is 9.31 Å². The monoisotopic (exact) mass is 236 g/mol. The van der Waals surface area contributed by atoms with Gasteiger partial charge in [0, 0.05) is 0 Å². The average molecular weight is 236 g/mol. The summed E-state index contributed by atoms with van der Waals surface area (Å²) in [5, 5.41) is 0. The fourth-order valence-corrected chi connectivity index (χ4v) is 4.44. The number of rotatable bonds is 2. The summed E-state index contributed by atoms with van der Waals surface area (Å²) in [6.45, 7) is 11.6. The summed E-state index contributed by atoms with van der Waals surface area (Å²) < 4.78 is 12.5. The molecule has 4 aliphatic rings. The number of hydrogen-bond donors (Lipinski definition) is 0. The second kappa shape index (κ2) is 3.51. The van der Waals surface area contributed by atoms with E-state index >= 15 is 0 Å². The molecule has 0 aromatic carbocycles. The van der Waals surface area contributed by atoms with Gasteiger partial charge < -0.3 is 9.31 Å². The van der Waals surface area contributed by atoms with Crippen molar-refractivity contribution in [3.63, 3.8) is 0 Å². The maximum Gasteiger partial charge on any atom is 0.457 e. The summed E-state index contributed by atoms with van der Waals surface area (Å²) in [4.78, 5) is 0. The van der Waals surface area contributed by atoms with E-state index in [1.54, 1.807) is 0 Å². The first-order valence-corrected chi connectivity index (χ1v) is 7.17. The van der Waals surface area contributed by atoms with E-state index in [0.717, 1.165) is 12.2 Å². The molecule has 0 N–H and O–H groups in total. The molecule has 4 rings (SSSR count). The molecule has 1 saturated heterocycles. The molecule has 4 fully saturated rings. The summed E-state index contributed by atoms with van der Waals surface area (Å²) in [6, 6.07) is 0. The van der Waals surface area contributed by atoms with Crippen molar-refractivity contribution in [2.75, 3.05) is 0 Å². The molecule has 0 spiro atoms. The minimum absolute atomic E-state index is 0.0161. The van der Waals surface area contributed by atoms with Gasteiger partial charge in [0.2, 0.25) is 0 Å². The predicted octanol–water partition coefficient (Wildman–Crippen LogP) is 3.37. The Kier molecular flexibility index (Phi) is 2.49. The zero-order valence-corrected chi connectivity index (χ0v) is 11.8. The van der Waals surface area contributed by atoms with E-state index < -0.39 is 0 Å². The van der Waals surface area contributed by atoms with Crippen LogP contribution in [0.1, 0.15) is 47.5 Å². The molecule has 0 amide bonds. The maximum absolute atomic E-state index is 6.33. The van der Waals surface area contributed by atoms with Crippen LogP contribution in [0, 0.1) is 23.2 Å². The van der Waals surface area contributed by atoms with Crippen molar-refractivity contribution >= 4 is 7.12 Å². The minimum Gasteiger partial charge on any atom is -0.405 e. The molecule has 0 aromatic rings. The lowest BCUT2D eigenvalue weighted by Gasteiger charge is -2.64. The van der Waals surface area contributed by atoms with Crippen LogP contribution in [-0.2, 0) is 9.31 Å². The highest BCUT2D eigenvalue weighted by Crippen LogP contribution is 2.65. The fraction of sp³-hybridized carbons (Fsp3) is 1.00. The standard InChI is InChI=1S/C14H25BO2/c1-9(2)8-15-16-12-7-10-6-11(13(10,3)4)14(12,5)17-15/h9-12H,6-8H2,1-5H3. The second-order valence-corrected chi connectivity index (χ2v) is 7.53. The quantitative estimate of drug-likeness (QED) is 0.684. The molecule has 2 nitrogen and oxygen atoms in total. The molecule has 3 heteroatoms. The van der Waals surface area contributed by atoms with Gasteiger partial charge in [-0.3, -0.25) is 0 Å². The van der Waals surface area contributed by atoms with Gasteiger partial charge in [0.25, 0.3) is 0 Å². The predicted molar refractivity (Wildman–Crippen MR) is 69.8 cm³/mol. The zero-order chi connectivity index (χ0) is 12.4. The summed E-state index contributed by atoms with van der Waals surface area (Å²) in [5.74, 6) is 2.19. The van der Waals surface area contributed by atoms with E-state index in [-0.39, 0.29) is 12.7 Å². The molecule has 3 aliphatic carbocycles. The van der Waals surface area contributed by atoms with Crippen LogP contribution in [-0.4, -0.2) is 18.8 Å². The average Bonchev–Trinajstić information content (AvgIpc) is 2.51. The Bertz CT molecular complexity index is 328. The van der Waals surface area contributed by atoms with Crippen LogP contribution in [0.3, 0.4) is 0 Å². The van der Waals surface area contributed by atoms with Gasteiger partial charge in [-0.05, 0) is 49.3 Å². The maximum atomic E-state index is 6.33. The Morgan fingerprint density at radius 2 is 1.94 bits per heavy atom. The molecule has 96 valence electrons. The molecule has 0 aromatic heterocycles.